The highest BCUT2D eigenvalue weighted by Crippen LogP contribution is 2.09. The third kappa shape index (κ3) is 7.09. The molecule has 3 nitrogen and oxygen atoms in total. The first-order chi connectivity index (χ1) is 10.0. The first-order valence-electron chi connectivity index (χ1n) is 7.61. The normalized spacial score (nSPS) is 12.8. The summed E-state index contributed by atoms with van der Waals surface area (Å²) in [6.07, 6.45) is 5.42. The molecule has 3 heteroatoms. The van der Waals surface area contributed by atoms with Crippen molar-refractivity contribution in [3.63, 3.8) is 0 Å². The average Bonchev–Trinajstić information content (AvgIpc) is 2.45. The van der Waals surface area contributed by atoms with Crippen LogP contribution >= 0.6 is 0 Å². The highest BCUT2D eigenvalue weighted by atomic mass is 16.5. The van der Waals surface area contributed by atoms with Gasteiger partial charge in [0.1, 0.15) is 0 Å². The Labute approximate surface area is 128 Å². The van der Waals surface area contributed by atoms with Gasteiger partial charge in [0.2, 0.25) is 5.91 Å². The highest BCUT2D eigenvalue weighted by Gasteiger charge is 2.10. The molecule has 0 aromatic heterocycles. The van der Waals surface area contributed by atoms with Gasteiger partial charge in [0.25, 0.3) is 0 Å². The monoisotopic (exact) mass is 289 g/mol. The highest BCUT2D eigenvalue weighted by molar-refractivity contribution is 5.91. The van der Waals surface area contributed by atoms with E-state index in [1.165, 1.54) is 0 Å². The second-order valence-electron chi connectivity index (χ2n) is 5.75. The van der Waals surface area contributed by atoms with Crippen molar-refractivity contribution in [3.8, 4) is 0 Å². The van der Waals surface area contributed by atoms with E-state index < -0.39 is 0 Å². The number of rotatable bonds is 8. The molecule has 0 bridgehead atoms. The van der Waals surface area contributed by atoms with Crippen LogP contribution in [0.3, 0.4) is 0 Å². The number of carbonyl (C=O) groups is 1. The number of amides is 1. The molecular formula is C18H27NO2. The lowest BCUT2D eigenvalue weighted by Crippen LogP contribution is -2.34. The van der Waals surface area contributed by atoms with E-state index in [1.54, 1.807) is 13.2 Å². The predicted octanol–water partition coefficient (Wildman–Crippen LogP) is 3.79. The molecule has 0 aliphatic rings. The fraction of sp³-hybridized carbons (Fsp3) is 0.500. The minimum Gasteiger partial charge on any atom is -0.380 e. The summed E-state index contributed by atoms with van der Waals surface area (Å²) >= 11 is 0. The van der Waals surface area contributed by atoms with Gasteiger partial charge in [-0.05, 0) is 36.0 Å². The summed E-state index contributed by atoms with van der Waals surface area (Å²) in [5.41, 5.74) is 2.14. The Kier molecular flexibility index (Phi) is 7.76. The standard InChI is InChI=1S/C18H27NO2/c1-5-17(12-14(2)3)19-18(20)11-10-15-6-8-16(9-7-15)13-21-4/h6-11,14,17H,5,12-13H2,1-4H3,(H,19,20)/b11-10+. The second-order valence-corrected chi connectivity index (χ2v) is 5.75. The third-order valence-corrected chi connectivity index (χ3v) is 3.31. The molecule has 0 aliphatic heterocycles. The summed E-state index contributed by atoms with van der Waals surface area (Å²) in [5, 5.41) is 3.05. The van der Waals surface area contributed by atoms with Crippen LogP contribution in [0.2, 0.25) is 0 Å². The average molecular weight is 289 g/mol. The van der Waals surface area contributed by atoms with Crippen molar-refractivity contribution in [2.75, 3.05) is 7.11 Å². The molecule has 0 spiro atoms. The number of carbonyl (C=O) groups excluding carboxylic acids is 1. The molecule has 0 aliphatic carbocycles. The van der Waals surface area contributed by atoms with Crippen LogP contribution in [0, 0.1) is 5.92 Å². The molecule has 0 saturated carbocycles. The lowest BCUT2D eigenvalue weighted by molar-refractivity contribution is -0.117. The number of ether oxygens (including phenoxy) is 1. The maximum absolute atomic E-state index is 11.9. The number of nitrogens with one attached hydrogen (secondary N) is 1. The molecule has 0 fully saturated rings. The van der Waals surface area contributed by atoms with Crippen LogP contribution in [-0.4, -0.2) is 19.1 Å². The zero-order valence-electron chi connectivity index (χ0n) is 13.6. The van der Waals surface area contributed by atoms with Crippen LogP contribution in [0.5, 0.6) is 0 Å². The van der Waals surface area contributed by atoms with Gasteiger partial charge in [-0.2, -0.15) is 0 Å². The van der Waals surface area contributed by atoms with Crippen molar-refractivity contribution >= 4 is 12.0 Å². The maximum atomic E-state index is 11.9. The number of hydrogen-bond donors (Lipinski definition) is 1. The van der Waals surface area contributed by atoms with Gasteiger partial charge >= 0.3 is 0 Å². The molecule has 0 radical (unpaired) electrons. The minimum atomic E-state index is -0.0246. The van der Waals surface area contributed by atoms with Crippen molar-refractivity contribution in [3.05, 3.63) is 41.5 Å². The molecule has 1 atom stereocenters. The van der Waals surface area contributed by atoms with E-state index in [9.17, 15) is 4.79 Å². The fourth-order valence-electron chi connectivity index (χ4n) is 2.21. The van der Waals surface area contributed by atoms with Crippen LogP contribution in [0.15, 0.2) is 30.3 Å². The Morgan fingerprint density at radius 3 is 2.48 bits per heavy atom. The fourth-order valence-corrected chi connectivity index (χ4v) is 2.21. The van der Waals surface area contributed by atoms with Crippen molar-refractivity contribution in [1.82, 2.24) is 5.32 Å². The van der Waals surface area contributed by atoms with Crippen LogP contribution < -0.4 is 5.32 Å². The Bertz CT molecular complexity index is 449. The van der Waals surface area contributed by atoms with Crippen molar-refractivity contribution in [2.45, 2.75) is 46.3 Å². The Morgan fingerprint density at radius 2 is 1.95 bits per heavy atom. The third-order valence-electron chi connectivity index (χ3n) is 3.31. The number of hydrogen-bond acceptors (Lipinski definition) is 2. The van der Waals surface area contributed by atoms with E-state index in [-0.39, 0.29) is 11.9 Å². The van der Waals surface area contributed by atoms with Crippen LogP contribution in [0.1, 0.15) is 44.7 Å². The summed E-state index contributed by atoms with van der Waals surface area (Å²) in [7, 11) is 1.68. The molecule has 1 N–H and O–H groups in total. The van der Waals surface area contributed by atoms with Crippen molar-refractivity contribution in [2.24, 2.45) is 5.92 Å². The van der Waals surface area contributed by atoms with Crippen LogP contribution in [0.4, 0.5) is 0 Å². The van der Waals surface area contributed by atoms with E-state index in [1.807, 2.05) is 30.3 Å². The summed E-state index contributed by atoms with van der Waals surface area (Å²) in [6.45, 7) is 7.06. The summed E-state index contributed by atoms with van der Waals surface area (Å²) in [5.74, 6) is 0.566. The van der Waals surface area contributed by atoms with Gasteiger partial charge in [0, 0.05) is 19.2 Å². The zero-order chi connectivity index (χ0) is 15.7. The van der Waals surface area contributed by atoms with E-state index in [0.29, 0.717) is 12.5 Å². The number of benzene rings is 1. The summed E-state index contributed by atoms with van der Waals surface area (Å²) < 4.78 is 5.07. The van der Waals surface area contributed by atoms with Gasteiger partial charge in [-0.15, -0.1) is 0 Å². The molecule has 21 heavy (non-hydrogen) atoms. The molecular weight excluding hydrogens is 262 g/mol. The Morgan fingerprint density at radius 1 is 1.29 bits per heavy atom. The second kappa shape index (κ2) is 9.35. The van der Waals surface area contributed by atoms with Gasteiger partial charge in [-0.1, -0.05) is 45.0 Å². The van der Waals surface area contributed by atoms with Crippen molar-refractivity contribution in [1.29, 1.82) is 0 Å². The number of methoxy groups -OCH3 is 1. The molecule has 1 amide bonds. The molecule has 116 valence electrons. The minimum absolute atomic E-state index is 0.0246. The quantitative estimate of drug-likeness (QED) is 0.739. The van der Waals surface area contributed by atoms with Gasteiger partial charge in [-0.25, -0.2) is 0 Å². The van der Waals surface area contributed by atoms with Gasteiger partial charge in [-0.3, -0.25) is 4.79 Å². The summed E-state index contributed by atoms with van der Waals surface area (Å²) in [4.78, 5) is 11.9. The molecule has 0 saturated heterocycles. The van der Waals surface area contributed by atoms with E-state index in [4.69, 9.17) is 4.74 Å². The molecule has 1 aromatic carbocycles. The Hall–Kier alpha value is -1.61. The van der Waals surface area contributed by atoms with Gasteiger partial charge in [0.15, 0.2) is 0 Å². The first-order valence-corrected chi connectivity index (χ1v) is 7.61. The van der Waals surface area contributed by atoms with Crippen LogP contribution in [-0.2, 0) is 16.1 Å². The van der Waals surface area contributed by atoms with E-state index >= 15 is 0 Å². The van der Waals surface area contributed by atoms with Gasteiger partial charge in [0.05, 0.1) is 6.61 Å². The zero-order valence-corrected chi connectivity index (χ0v) is 13.6. The molecule has 1 unspecified atom stereocenters. The molecule has 0 heterocycles. The predicted molar refractivity (Wildman–Crippen MR) is 87.9 cm³/mol. The smallest absolute Gasteiger partial charge is 0.244 e. The largest absolute Gasteiger partial charge is 0.380 e. The van der Waals surface area contributed by atoms with E-state index in [2.05, 4.69) is 26.1 Å². The SMILES string of the molecule is CCC(CC(C)C)NC(=O)/C=C/c1ccc(COC)cc1. The topological polar surface area (TPSA) is 38.3 Å². The molecule has 1 rings (SSSR count). The van der Waals surface area contributed by atoms with Crippen LogP contribution in [0.25, 0.3) is 6.08 Å². The lowest BCUT2D eigenvalue weighted by atomic mass is 10.0. The molecule has 1 aromatic rings. The van der Waals surface area contributed by atoms with Gasteiger partial charge < -0.3 is 10.1 Å². The Balaban J connectivity index is 2.52. The maximum Gasteiger partial charge on any atom is 0.244 e. The summed E-state index contributed by atoms with van der Waals surface area (Å²) in [6, 6.07) is 8.25. The van der Waals surface area contributed by atoms with E-state index in [0.717, 1.165) is 24.0 Å². The lowest BCUT2D eigenvalue weighted by Gasteiger charge is -2.17. The first kappa shape index (κ1) is 17.4. The van der Waals surface area contributed by atoms with Crippen molar-refractivity contribution < 1.29 is 9.53 Å².